The molecule has 0 fully saturated rings. The molecule has 0 atom stereocenters. The minimum Gasteiger partial charge on any atom is -0.497 e. The topological polar surface area (TPSA) is 117 Å². The lowest BCUT2D eigenvalue weighted by Crippen LogP contribution is -2.13. The number of rotatable bonds is 7. The highest BCUT2D eigenvalue weighted by molar-refractivity contribution is 5.93. The van der Waals surface area contributed by atoms with Gasteiger partial charge in [-0.15, -0.1) is 0 Å². The number of methoxy groups -OCH3 is 2. The predicted octanol–water partition coefficient (Wildman–Crippen LogP) is 1.93. The largest absolute Gasteiger partial charge is 0.497 e. The van der Waals surface area contributed by atoms with E-state index < -0.39 is 17.5 Å². The van der Waals surface area contributed by atoms with E-state index in [4.69, 9.17) is 18.9 Å². The number of nitrogens with one attached hydrogen (secondary N) is 1. The summed E-state index contributed by atoms with van der Waals surface area (Å²) in [7, 11) is 2.68. The quantitative estimate of drug-likeness (QED) is 0.577. The van der Waals surface area contributed by atoms with Gasteiger partial charge in [-0.05, 0) is 31.2 Å². The fraction of sp³-hybridized carbons (Fsp3) is 0.222. The third kappa shape index (κ3) is 4.94. The fourth-order valence-corrected chi connectivity index (χ4v) is 2.06. The van der Waals surface area contributed by atoms with Crippen LogP contribution < -0.4 is 15.0 Å². The van der Waals surface area contributed by atoms with E-state index in [2.05, 4.69) is 9.97 Å². The number of esters is 2. The first-order valence-electron chi connectivity index (χ1n) is 7.86. The highest BCUT2D eigenvalue weighted by atomic mass is 16.5. The number of benzene rings is 1. The number of hydrogen-bond donors (Lipinski definition) is 1. The third-order valence-electron chi connectivity index (χ3n) is 3.32. The van der Waals surface area contributed by atoms with E-state index >= 15 is 0 Å². The minimum absolute atomic E-state index is 0.0165. The number of ether oxygens (including phenoxy) is 4. The molecule has 0 amide bonds. The lowest BCUT2D eigenvalue weighted by atomic mass is 10.2. The molecule has 0 aliphatic heterocycles. The first-order chi connectivity index (χ1) is 13.0. The first-order valence-corrected chi connectivity index (χ1v) is 7.86. The average Bonchev–Trinajstić information content (AvgIpc) is 2.67. The Kier molecular flexibility index (Phi) is 6.70. The summed E-state index contributed by atoms with van der Waals surface area (Å²) < 4.78 is 20.2. The Bertz CT molecular complexity index is 918. The zero-order valence-electron chi connectivity index (χ0n) is 15.0. The van der Waals surface area contributed by atoms with E-state index in [1.54, 1.807) is 13.0 Å². The van der Waals surface area contributed by atoms with Crippen molar-refractivity contribution in [3.63, 3.8) is 0 Å². The Morgan fingerprint density at radius 1 is 1.26 bits per heavy atom. The van der Waals surface area contributed by atoms with Crippen molar-refractivity contribution in [3.05, 3.63) is 52.1 Å². The lowest BCUT2D eigenvalue weighted by molar-refractivity contribution is -0.137. The number of aromatic amines is 1. The highest BCUT2D eigenvalue weighted by Crippen LogP contribution is 2.29. The first kappa shape index (κ1) is 19.7. The molecule has 142 valence electrons. The Morgan fingerprint density at radius 3 is 2.70 bits per heavy atom. The van der Waals surface area contributed by atoms with Gasteiger partial charge in [-0.25, -0.2) is 14.6 Å². The van der Waals surface area contributed by atoms with Crippen molar-refractivity contribution in [2.45, 2.75) is 6.92 Å². The summed E-state index contributed by atoms with van der Waals surface area (Å²) in [5, 5.41) is 0. The van der Waals surface area contributed by atoms with Crippen LogP contribution in [0.15, 0.2) is 35.4 Å². The van der Waals surface area contributed by atoms with Gasteiger partial charge >= 0.3 is 11.9 Å². The van der Waals surface area contributed by atoms with Crippen molar-refractivity contribution in [2.75, 3.05) is 20.8 Å². The van der Waals surface area contributed by atoms with E-state index in [0.29, 0.717) is 5.75 Å². The molecular weight excluding hydrogens is 356 g/mol. The van der Waals surface area contributed by atoms with Crippen LogP contribution in [0.3, 0.4) is 0 Å². The normalized spacial score (nSPS) is 10.5. The molecule has 1 N–H and O–H groups in total. The second-order valence-electron chi connectivity index (χ2n) is 4.99. The van der Waals surface area contributed by atoms with E-state index in [-0.39, 0.29) is 29.4 Å². The van der Waals surface area contributed by atoms with Crippen molar-refractivity contribution < 1.29 is 28.5 Å². The highest BCUT2D eigenvalue weighted by Gasteiger charge is 2.18. The van der Waals surface area contributed by atoms with Crippen LogP contribution in [-0.2, 0) is 14.3 Å². The van der Waals surface area contributed by atoms with Gasteiger partial charge in [0, 0.05) is 6.08 Å². The van der Waals surface area contributed by atoms with Crippen LogP contribution in [0.5, 0.6) is 17.4 Å². The molecule has 0 aliphatic rings. The van der Waals surface area contributed by atoms with Gasteiger partial charge in [-0.2, -0.15) is 0 Å². The summed E-state index contributed by atoms with van der Waals surface area (Å²) in [6.07, 6.45) is 3.44. The number of hydrogen-bond acceptors (Lipinski definition) is 8. The van der Waals surface area contributed by atoms with Crippen molar-refractivity contribution >= 4 is 18.0 Å². The van der Waals surface area contributed by atoms with Gasteiger partial charge in [0.2, 0.25) is 5.88 Å². The average molecular weight is 374 g/mol. The molecule has 0 bridgehead atoms. The van der Waals surface area contributed by atoms with Gasteiger partial charge in [0.05, 0.1) is 27.2 Å². The molecule has 1 aromatic carbocycles. The standard InChI is InChI=1S/C18H18N2O7/c1-4-26-15(21)8-6-12-16(22)19-10-20-17(12)27-14-7-5-11(24-2)9-13(14)18(23)25-3/h5-10H,4H2,1-3H3,(H,19,20,22)/b8-6+. The second kappa shape index (κ2) is 9.18. The summed E-state index contributed by atoms with van der Waals surface area (Å²) >= 11 is 0. The molecule has 2 aromatic rings. The minimum atomic E-state index is -0.655. The number of carbonyl (C=O) groups excluding carboxylic acids is 2. The summed E-state index contributed by atoms with van der Waals surface area (Å²) in [6.45, 7) is 1.86. The van der Waals surface area contributed by atoms with E-state index in [1.807, 2.05) is 0 Å². The van der Waals surface area contributed by atoms with Crippen molar-refractivity contribution in [1.82, 2.24) is 9.97 Å². The predicted molar refractivity (Wildman–Crippen MR) is 94.9 cm³/mol. The van der Waals surface area contributed by atoms with Crippen molar-refractivity contribution in [1.29, 1.82) is 0 Å². The smallest absolute Gasteiger partial charge is 0.341 e. The Labute approximate surface area is 154 Å². The van der Waals surface area contributed by atoms with Gasteiger partial charge < -0.3 is 23.9 Å². The van der Waals surface area contributed by atoms with Crippen LogP contribution >= 0.6 is 0 Å². The van der Waals surface area contributed by atoms with Crippen molar-refractivity contribution in [2.24, 2.45) is 0 Å². The molecule has 2 rings (SSSR count). The number of H-pyrrole nitrogens is 1. The molecule has 0 aliphatic carbocycles. The van der Waals surface area contributed by atoms with Crippen LogP contribution in [0.2, 0.25) is 0 Å². The summed E-state index contributed by atoms with van der Waals surface area (Å²) in [4.78, 5) is 41.9. The van der Waals surface area contributed by atoms with Crippen LogP contribution in [0.4, 0.5) is 0 Å². The summed E-state index contributed by atoms with van der Waals surface area (Å²) in [5.41, 5.74) is -0.467. The Hall–Kier alpha value is -3.62. The van der Waals surface area contributed by atoms with Crippen LogP contribution in [0.1, 0.15) is 22.8 Å². The van der Waals surface area contributed by atoms with Crippen LogP contribution in [0.25, 0.3) is 6.08 Å². The van der Waals surface area contributed by atoms with Gasteiger partial charge in [0.15, 0.2) is 0 Å². The maximum absolute atomic E-state index is 12.1. The molecule has 9 nitrogen and oxygen atoms in total. The number of nitrogens with zero attached hydrogens (tertiary/aromatic N) is 1. The molecule has 27 heavy (non-hydrogen) atoms. The lowest BCUT2D eigenvalue weighted by Gasteiger charge is -2.11. The number of aromatic nitrogens is 2. The van der Waals surface area contributed by atoms with E-state index in [9.17, 15) is 14.4 Å². The zero-order chi connectivity index (χ0) is 19.8. The maximum Gasteiger partial charge on any atom is 0.341 e. The van der Waals surface area contributed by atoms with Crippen molar-refractivity contribution in [3.8, 4) is 17.4 Å². The fourth-order valence-electron chi connectivity index (χ4n) is 2.06. The van der Waals surface area contributed by atoms with Crippen LogP contribution in [0, 0.1) is 0 Å². The van der Waals surface area contributed by atoms with Gasteiger partial charge in [-0.1, -0.05) is 0 Å². The number of carbonyl (C=O) groups is 2. The molecule has 1 heterocycles. The Balaban J connectivity index is 2.44. The molecule has 9 heteroatoms. The monoisotopic (exact) mass is 374 g/mol. The molecule has 0 saturated heterocycles. The van der Waals surface area contributed by atoms with Gasteiger partial charge in [0.1, 0.15) is 22.6 Å². The van der Waals surface area contributed by atoms with E-state index in [0.717, 1.165) is 12.4 Å². The van der Waals surface area contributed by atoms with Crippen LogP contribution in [-0.4, -0.2) is 42.7 Å². The molecular formula is C18H18N2O7. The van der Waals surface area contributed by atoms with E-state index in [1.165, 1.54) is 32.4 Å². The summed E-state index contributed by atoms with van der Waals surface area (Å²) in [6, 6.07) is 4.48. The zero-order valence-corrected chi connectivity index (χ0v) is 15.0. The third-order valence-corrected chi connectivity index (χ3v) is 3.32. The SMILES string of the molecule is CCOC(=O)/C=C/c1c(Oc2ccc(OC)cc2C(=O)OC)nc[nH]c1=O. The molecule has 1 aromatic heterocycles. The second-order valence-corrected chi connectivity index (χ2v) is 4.99. The van der Waals surface area contributed by atoms with Gasteiger partial charge in [0.25, 0.3) is 5.56 Å². The molecule has 0 radical (unpaired) electrons. The Morgan fingerprint density at radius 2 is 2.04 bits per heavy atom. The molecule has 0 saturated carbocycles. The summed E-state index contributed by atoms with van der Waals surface area (Å²) in [5.74, 6) is -0.853. The van der Waals surface area contributed by atoms with Gasteiger partial charge in [-0.3, -0.25) is 4.79 Å². The molecule has 0 spiro atoms. The molecule has 0 unspecified atom stereocenters. The maximum atomic E-state index is 12.1.